The fourth-order valence-corrected chi connectivity index (χ4v) is 4.98. The molecule has 186 valence electrons. The van der Waals surface area contributed by atoms with Crippen molar-refractivity contribution in [3.63, 3.8) is 0 Å². The average molecular weight is 504 g/mol. The zero-order chi connectivity index (χ0) is 24.7. The van der Waals surface area contributed by atoms with Crippen LogP contribution in [0.1, 0.15) is 41.2 Å². The molecule has 35 heavy (non-hydrogen) atoms. The zero-order valence-corrected chi connectivity index (χ0v) is 20.2. The van der Waals surface area contributed by atoms with Gasteiger partial charge in [-0.1, -0.05) is 0 Å². The number of ether oxygens (including phenoxy) is 2. The first kappa shape index (κ1) is 23.4. The lowest BCUT2D eigenvalue weighted by Crippen LogP contribution is -2.39. The van der Waals surface area contributed by atoms with Gasteiger partial charge in [-0.3, -0.25) is 4.79 Å². The van der Waals surface area contributed by atoms with Gasteiger partial charge in [0.1, 0.15) is 0 Å². The third-order valence-corrected chi connectivity index (χ3v) is 7.65. The Morgan fingerprint density at radius 1 is 1.20 bits per heavy atom. The lowest BCUT2D eigenvalue weighted by molar-refractivity contribution is 0.0981. The van der Waals surface area contributed by atoms with Crippen LogP contribution in [0, 0.1) is 5.82 Å². The number of nitrogens with zero attached hydrogens (tertiary/aromatic N) is 4. The molecule has 1 fully saturated rings. The van der Waals surface area contributed by atoms with Crippen LogP contribution in [0.2, 0.25) is 0 Å². The molecule has 2 aliphatic heterocycles. The Kier molecular flexibility index (Phi) is 6.01. The molecule has 2 aliphatic rings. The Morgan fingerprint density at radius 2 is 2.00 bits per heavy atom. The minimum atomic E-state index is -3.95. The maximum atomic E-state index is 14.9. The van der Waals surface area contributed by atoms with Gasteiger partial charge in [-0.05, 0) is 42.7 Å². The summed E-state index contributed by atoms with van der Waals surface area (Å²) in [4.78, 5) is 14.9. The normalized spacial score (nSPS) is 18.2. The Labute approximate surface area is 202 Å². The summed E-state index contributed by atoms with van der Waals surface area (Å²) in [6.45, 7) is 1.62. The molecule has 0 spiro atoms. The molecule has 0 radical (unpaired) electrons. The SMILES string of the molecule is CN(C)S(=O)(=O)NC(=O)c1cnn2ccc(N3CCC[C@@H]3c3cc(F)c4c(c3)OCCCO4)cc12. The fourth-order valence-electron chi connectivity index (χ4n) is 4.45. The van der Waals surface area contributed by atoms with Crippen molar-refractivity contribution in [2.75, 3.05) is 38.8 Å². The van der Waals surface area contributed by atoms with Gasteiger partial charge >= 0.3 is 10.2 Å². The number of benzene rings is 1. The van der Waals surface area contributed by atoms with E-state index in [-0.39, 0.29) is 17.4 Å². The number of anilines is 1. The Hall–Kier alpha value is -3.38. The summed E-state index contributed by atoms with van der Waals surface area (Å²) in [5.74, 6) is -0.649. The van der Waals surface area contributed by atoms with E-state index in [1.165, 1.54) is 30.9 Å². The Morgan fingerprint density at radius 3 is 2.80 bits per heavy atom. The molecule has 1 saturated heterocycles. The summed E-state index contributed by atoms with van der Waals surface area (Å²) in [5.41, 5.74) is 2.20. The summed E-state index contributed by atoms with van der Waals surface area (Å²) in [7, 11) is -1.28. The number of amides is 1. The van der Waals surface area contributed by atoms with Crippen molar-refractivity contribution < 1.29 is 27.1 Å². The number of carbonyl (C=O) groups excluding carboxylic acids is 1. The van der Waals surface area contributed by atoms with E-state index in [0.29, 0.717) is 30.9 Å². The molecule has 0 bridgehead atoms. The number of fused-ring (bicyclic) bond motifs is 2. The summed E-state index contributed by atoms with van der Waals surface area (Å²) in [6, 6.07) is 6.91. The van der Waals surface area contributed by atoms with Crippen molar-refractivity contribution in [1.29, 1.82) is 0 Å². The van der Waals surface area contributed by atoms with E-state index in [1.54, 1.807) is 12.3 Å². The summed E-state index contributed by atoms with van der Waals surface area (Å²) in [5, 5.41) is 4.18. The van der Waals surface area contributed by atoms with Crippen LogP contribution in [0.15, 0.2) is 36.7 Å². The van der Waals surface area contributed by atoms with Crippen LogP contribution in [0.3, 0.4) is 0 Å². The molecular formula is C23H26FN5O5S. The van der Waals surface area contributed by atoms with Gasteiger partial charge < -0.3 is 14.4 Å². The van der Waals surface area contributed by atoms with Crippen molar-refractivity contribution in [3.05, 3.63) is 53.6 Å². The number of aromatic nitrogens is 2. The lowest BCUT2D eigenvalue weighted by Gasteiger charge is -2.28. The number of hydrogen-bond acceptors (Lipinski definition) is 7. The van der Waals surface area contributed by atoms with E-state index >= 15 is 0 Å². The van der Waals surface area contributed by atoms with E-state index in [2.05, 4.69) is 10.00 Å². The van der Waals surface area contributed by atoms with E-state index in [9.17, 15) is 17.6 Å². The first-order valence-electron chi connectivity index (χ1n) is 11.3. The highest BCUT2D eigenvalue weighted by Crippen LogP contribution is 2.41. The average Bonchev–Trinajstić information content (AvgIpc) is 3.40. The molecule has 1 N–H and O–H groups in total. The van der Waals surface area contributed by atoms with E-state index in [1.807, 2.05) is 16.9 Å². The standard InChI is InChI=1S/C23H26FN5O5S/c1-27(2)35(31,32)26-23(30)17-14-25-29-8-6-16(13-20(17)29)28-7-3-5-19(28)15-11-18(24)22-21(12-15)33-9-4-10-34-22/h6,8,11-14,19H,3-5,7,9-10H2,1-2H3,(H,26,30)/t19-/m1/s1. The van der Waals surface area contributed by atoms with Gasteiger partial charge in [-0.2, -0.15) is 17.8 Å². The minimum absolute atomic E-state index is 0.0987. The summed E-state index contributed by atoms with van der Waals surface area (Å²) in [6.07, 6.45) is 5.46. The van der Waals surface area contributed by atoms with Gasteiger partial charge in [0.25, 0.3) is 5.91 Å². The van der Waals surface area contributed by atoms with E-state index in [4.69, 9.17) is 9.47 Å². The minimum Gasteiger partial charge on any atom is -0.489 e. The molecule has 2 aromatic heterocycles. The van der Waals surface area contributed by atoms with Crippen LogP contribution >= 0.6 is 0 Å². The van der Waals surface area contributed by atoms with Crippen LogP contribution in [0.4, 0.5) is 10.1 Å². The van der Waals surface area contributed by atoms with Crippen LogP contribution in [-0.2, 0) is 10.2 Å². The van der Waals surface area contributed by atoms with E-state index in [0.717, 1.165) is 34.9 Å². The van der Waals surface area contributed by atoms with Gasteiger partial charge in [0.2, 0.25) is 0 Å². The Bertz CT molecular complexity index is 1390. The molecule has 1 aromatic carbocycles. The number of pyridine rings is 1. The second kappa shape index (κ2) is 9.00. The molecule has 3 aromatic rings. The number of halogens is 1. The first-order valence-corrected chi connectivity index (χ1v) is 12.8. The van der Waals surface area contributed by atoms with Gasteiger partial charge in [-0.25, -0.2) is 13.6 Å². The first-order chi connectivity index (χ1) is 16.7. The molecule has 4 heterocycles. The highest BCUT2D eigenvalue weighted by molar-refractivity contribution is 7.87. The lowest BCUT2D eigenvalue weighted by atomic mass is 10.0. The summed E-state index contributed by atoms with van der Waals surface area (Å²) < 4.78 is 54.8. The monoisotopic (exact) mass is 503 g/mol. The predicted octanol–water partition coefficient (Wildman–Crippen LogP) is 2.51. The second-order valence-corrected chi connectivity index (χ2v) is 10.6. The van der Waals surface area contributed by atoms with Crippen molar-refractivity contribution in [2.24, 2.45) is 0 Å². The van der Waals surface area contributed by atoms with Crippen molar-refractivity contribution in [3.8, 4) is 11.5 Å². The second-order valence-electron chi connectivity index (χ2n) is 8.72. The van der Waals surface area contributed by atoms with Crippen LogP contribution in [0.5, 0.6) is 11.5 Å². The van der Waals surface area contributed by atoms with Crippen LogP contribution in [0.25, 0.3) is 5.52 Å². The third-order valence-electron chi connectivity index (χ3n) is 6.25. The highest BCUT2D eigenvalue weighted by atomic mass is 32.2. The smallest absolute Gasteiger partial charge is 0.303 e. The van der Waals surface area contributed by atoms with Crippen molar-refractivity contribution in [2.45, 2.75) is 25.3 Å². The number of rotatable bonds is 5. The highest BCUT2D eigenvalue weighted by Gasteiger charge is 2.30. The molecular weight excluding hydrogens is 477 g/mol. The Balaban J connectivity index is 1.47. The van der Waals surface area contributed by atoms with Gasteiger partial charge in [0, 0.05) is 38.9 Å². The number of hydrogen-bond donors (Lipinski definition) is 1. The number of nitrogens with one attached hydrogen (secondary N) is 1. The van der Waals surface area contributed by atoms with Crippen LogP contribution < -0.4 is 19.1 Å². The topological polar surface area (TPSA) is 105 Å². The number of carbonyl (C=O) groups is 1. The quantitative estimate of drug-likeness (QED) is 0.570. The third kappa shape index (κ3) is 4.39. The predicted molar refractivity (Wildman–Crippen MR) is 127 cm³/mol. The maximum Gasteiger partial charge on any atom is 0.303 e. The zero-order valence-electron chi connectivity index (χ0n) is 19.4. The summed E-state index contributed by atoms with van der Waals surface area (Å²) >= 11 is 0. The van der Waals surface area contributed by atoms with Gasteiger partial charge in [0.15, 0.2) is 17.3 Å². The fraction of sp³-hybridized carbons (Fsp3) is 0.391. The largest absolute Gasteiger partial charge is 0.489 e. The molecule has 1 amide bonds. The molecule has 0 unspecified atom stereocenters. The van der Waals surface area contributed by atoms with Gasteiger partial charge in [0.05, 0.1) is 36.5 Å². The van der Waals surface area contributed by atoms with Crippen molar-refractivity contribution >= 4 is 27.3 Å². The molecule has 10 nitrogen and oxygen atoms in total. The van der Waals surface area contributed by atoms with Gasteiger partial charge in [-0.15, -0.1) is 0 Å². The molecule has 1 atom stereocenters. The maximum absolute atomic E-state index is 14.9. The molecule has 12 heteroatoms. The molecule has 0 saturated carbocycles. The van der Waals surface area contributed by atoms with E-state index < -0.39 is 21.9 Å². The molecule has 0 aliphatic carbocycles. The van der Waals surface area contributed by atoms with Crippen LogP contribution in [-0.4, -0.2) is 62.1 Å². The molecule has 5 rings (SSSR count). The van der Waals surface area contributed by atoms with Crippen molar-refractivity contribution in [1.82, 2.24) is 18.6 Å².